The number of nitrogens with zero attached hydrogens (tertiary/aromatic N) is 3. The molecule has 0 spiro atoms. The molecule has 21 heavy (non-hydrogen) atoms. The van der Waals surface area contributed by atoms with E-state index in [0.29, 0.717) is 36.8 Å². The molecular weight excluding hydrogens is 298 g/mol. The standard InChI is InChI=1S/C12H14ClN5O3/c13-10-3-1-9(2-4-10)11(19)16-5-7-17(8-6-16)12(14)15-18(20)21/h1-4H,5-8H2,(H2,14,15)/p+1. The van der Waals surface area contributed by atoms with E-state index in [9.17, 15) is 14.9 Å². The molecule has 8 nitrogen and oxygen atoms in total. The van der Waals surface area contributed by atoms with Crippen molar-refractivity contribution < 1.29 is 14.4 Å². The van der Waals surface area contributed by atoms with Crippen LogP contribution in [-0.2, 0) is 0 Å². The fraction of sp³-hybridized carbons (Fsp3) is 0.333. The van der Waals surface area contributed by atoms with Gasteiger partial charge in [-0.3, -0.25) is 15.1 Å². The highest BCUT2D eigenvalue weighted by molar-refractivity contribution is 6.30. The van der Waals surface area contributed by atoms with Crippen molar-refractivity contribution in [1.82, 2.24) is 10.3 Å². The predicted molar refractivity (Wildman–Crippen MR) is 76.7 cm³/mol. The van der Waals surface area contributed by atoms with Crippen LogP contribution in [-0.4, -0.2) is 52.6 Å². The third-order valence-electron chi connectivity index (χ3n) is 3.20. The number of rotatable bonds is 2. The molecule has 1 fully saturated rings. The van der Waals surface area contributed by atoms with Crippen LogP contribution in [0.4, 0.5) is 0 Å². The summed E-state index contributed by atoms with van der Waals surface area (Å²) in [7, 11) is 0. The summed E-state index contributed by atoms with van der Waals surface area (Å²) < 4.78 is 1.63. The zero-order valence-corrected chi connectivity index (χ0v) is 11.9. The van der Waals surface area contributed by atoms with E-state index in [2.05, 4.69) is 0 Å². The quantitative estimate of drug-likeness (QED) is 0.343. The van der Waals surface area contributed by atoms with Crippen molar-refractivity contribution in [3.63, 3.8) is 0 Å². The molecule has 0 aromatic heterocycles. The first-order valence-electron chi connectivity index (χ1n) is 6.30. The average molecular weight is 313 g/mol. The molecule has 0 bridgehead atoms. The van der Waals surface area contributed by atoms with Crippen LogP contribution in [0.3, 0.4) is 0 Å². The molecule has 1 aliphatic heterocycles. The molecule has 3 N–H and O–H groups in total. The fourth-order valence-corrected chi connectivity index (χ4v) is 2.22. The number of hydrazine groups is 1. The molecule has 0 unspecified atom stereocenters. The Morgan fingerprint density at radius 2 is 1.90 bits per heavy atom. The van der Waals surface area contributed by atoms with Gasteiger partial charge in [-0.25, -0.2) is 10.1 Å². The summed E-state index contributed by atoms with van der Waals surface area (Å²) in [6.07, 6.45) is 0. The summed E-state index contributed by atoms with van der Waals surface area (Å²) in [4.78, 5) is 24.3. The second-order valence-corrected chi connectivity index (χ2v) is 4.98. The van der Waals surface area contributed by atoms with E-state index in [-0.39, 0.29) is 11.9 Å². The van der Waals surface area contributed by atoms with Gasteiger partial charge < -0.3 is 4.90 Å². The summed E-state index contributed by atoms with van der Waals surface area (Å²) in [5, 5.41) is 10.2. The summed E-state index contributed by atoms with van der Waals surface area (Å²) in [5.74, 6) is -0.106. The van der Waals surface area contributed by atoms with Gasteiger partial charge in [-0.1, -0.05) is 11.6 Å². The summed E-state index contributed by atoms with van der Waals surface area (Å²) in [6.45, 7) is 1.76. The molecule has 112 valence electrons. The number of hydrogen-bond acceptors (Lipinski definition) is 3. The van der Waals surface area contributed by atoms with Crippen molar-refractivity contribution in [2.24, 2.45) is 5.73 Å². The van der Waals surface area contributed by atoms with E-state index in [1.807, 2.05) is 5.43 Å². The van der Waals surface area contributed by atoms with Gasteiger partial charge in [0.15, 0.2) is 0 Å². The fourth-order valence-electron chi connectivity index (χ4n) is 2.09. The Morgan fingerprint density at radius 3 is 2.43 bits per heavy atom. The first kappa shape index (κ1) is 15.0. The normalized spacial score (nSPS) is 14.7. The van der Waals surface area contributed by atoms with Crippen molar-refractivity contribution in [3.8, 4) is 0 Å². The third kappa shape index (κ3) is 3.82. The Bertz CT molecular complexity index is 577. The van der Waals surface area contributed by atoms with Gasteiger partial charge in [0.1, 0.15) is 0 Å². The molecule has 1 heterocycles. The Labute approximate surface area is 125 Å². The number of amides is 1. The largest absolute Gasteiger partial charge is 0.406 e. The number of benzene rings is 1. The van der Waals surface area contributed by atoms with Gasteiger partial charge >= 0.3 is 5.96 Å². The highest BCUT2D eigenvalue weighted by Gasteiger charge is 2.24. The molecule has 0 saturated carbocycles. The van der Waals surface area contributed by atoms with Gasteiger partial charge in [0.05, 0.1) is 26.2 Å². The third-order valence-corrected chi connectivity index (χ3v) is 3.46. The number of nitrogens with two attached hydrogens (primary N) is 1. The summed E-state index contributed by atoms with van der Waals surface area (Å²) >= 11 is 5.79. The number of carbonyl (C=O) groups excluding carboxylic acids is 1. The van der Waals surface area contributed by atoms with Gasteiger partial charge in [-0.05, 0) is 24.3 Å². The summed E-state index contributed by atoms with van der Waals surface area (Å²) in [5.41, 5.74) is 8.05. The maximum Gasteiger partial charge on any atom is 0.406 e. The molecule has 0 radical (unpaired) electrons. The second-order valence-electron chi connectivity index (χ2n) is 4.54. The Balaban J connectivity index is 1.99. The zero-order valence-electron chi connectivity index (χ0n) is 11.2. The lowest BCUT2D eigenvalue weighted by Gasteiger charge is -2.28. The topological polar surface area (TPSA) is 105 Å². The highest BCUT2D eigenvalue weighted by Crippen LogP contribution is 2.12. The van der Waals surface area contributed by atoms with Crippen molar-refractivity contribution in [2.75, 3.05) is 26.2 Å². The predicted octanol–water partition coefficient (Wildman–Crippen LogP) is -0.0957. The van der Waals surface area contributed by atoms with Gasteiger partial charge in [-0.2, -0.15) is 0 Å². The molecule has 9 heteroatoms. The van der Waals surface area contributed by atoms with Crippen LogP contribution in [0.15, 0.2) is 24.3 Å². The number of nitro groups is 1. The molecule has 1 aromatic rings. The van der Waals surface area contributed by atoms with Gasteiger partial charge in [0.2, 0.25) is 5.03 Å². The zero-order chi connectivity index (χ0) is 15.4. The van der Waals surface area contributed by atoms with E-state index in [1.54, 1.807) is 33.7 Å². The van der Waals surface area contributed by atoms with Gasteiger partial charge in [-0.15, -0.1) is 0 Å². The summed E-state index contributed by atoms with van der Waals surface area (Å²) in [6, 6.07) is 6.67. The monoisotopic (exact) mass is 312 g/mol. The minimum Gasteiger partial charge on any atom is -0.332 e. The van der Waals surface area contributed by atoms with Crippen LogP contribution in [0.5, 0.6) is 0 Å². The maximum atomic E-state index is 12.3. The van der Waals surface area contributed by atoms with Gasteiger partial charge in [0.25, 0.3) is 5.91 Å². The molecule has 0 aliphatic carbocycles. The first-order valence-corrected chi connectivity index (χ1v) is 6.68. The second kappa shape index (κ2) is 6.40. The van der Waals surface area contributed by atoms with E-state index < -0.39 is 5.03 Å². The molecule has 0 atom stereocenters. The first-order chi connectivity index (χ1) is 9.97. The number of guanidine groups is 1. The van der Waals surface area contributed by atoms with E-state index in [4.69, 9.17) is 17.3 Å². The van der Waals surface area contributed by atoms with Crippen molar-refractivity contribution in [1.29, 1.82) is 0 Å². The van der Waals surface area contributed by atoms with Gasteiger partial charge in [0, 0.05) is 16.0 Å². The average Bonchev–Trinajstić information content (AvgIpc) is 2.47. The Kier molecular flexibility index (Phi) is 4.59. The molecule has 1 saturated heterocycles. The van der Waals surface area contributed by atoms with Crippen molar-refractivity contribution >= 4 is 23.5 Å². The minimum atomic E-state index is -0.708. The van der Waals surface area contributed by atoms with Crippen LogP contribution in [0.2, 0.25) is 5.02 Å². The molecule has 1 amide bonds. The Morgan fingerprint density at radius 1 is 1.33 bits per heavy atom. The SMILES string of the molecule is NC(N[N+](=O)[O-])=[N+]1CCN(C(=O)c2ccc(Cl)cc2)CC1. The van der Waals surface area contributed by atoms with E-state index in [0.717, 1.165) is 0 Å². The van der Waals surface area contributed by atoms with Crippen LogP contribution in [0.25, 0.3) is 0 Å². The highest BCUT2D eigenvalue weighted by atomic mass is 35.5. The molecule has 2 rings (SSSR count). The van der Waals surface area contributed by atoms with Crippen LogP contribution in [0.1, 0.15) is 10.4 Å². The minimum absolute atomic E-state index is 0.0152. The van der Waals surface area contributed by atoms with Crippen LogP contribution in [0, 0.1) is 10.1 Å². The lowest BCUT2D eigenvalue weighted by Crippen LogP contribution is -2.52. The van der Waals surface area contributed by atoms with E-state index >= 15 is 0 Å². The molecular formula is C12H15ClN5O3+. The van der Waals surface area contributed by atoms with Crippen molar-refractivity contribution in [2.45, 2.75) is 0 Å². The number of nitrogens with one attached hydrogen (secondary N) is 1. The maximum absolute atomic E-state index is 12.3. The Hall–Kier alpha value is -2.35. The number of hydrogen-bond donors (Lipinski definition) is 2. The van der Waals surface area contributed by atoms with Crippen LogP contribution >= 0.6 is 11.6 Å². The number of halogens is 1. The lowest BCUT2D eigenvalue weighted by molar-refractivity contribution is -0.573. The van der Waals surface area contributed by atoms with Crippen LogP contribution < -0.4 is 11.2 Å². The molecule has 1 aromatic carbocycles. The van der Waals surface area contributed by atoms with E-state index in [1.165, 1.54) is 0 Å². The molecule has 1 aliphatic rings. The van der Waals surface area contributed by atoms with Crippen molar-refractivity contribution in [3.05, 3.63) is 45.0 Å². The lowest BCUT2D eigenvalue weighted by atomic mass is 10.2. The number of piperazine rings is 1. The number of carbonyl (C=O) groups is 1. The smallest absolute Gasteiger partial charge is 0.332 e.